The topological polar surface area (TPSA) is 89.6 Å². The molecule has 3 aromatic rings. The number of amides is 2. The molecule has 1 aliphatic heterocycles. The van der Waals surface area contributed by atoms with Crippen molar-refractivity contribution >= 4 is 52.3 Å². The Bertz CT molecular complexity index is 1210. The number of anilines is 1. The van der Waals surface area contributed by atoms with E-state index in [4.69, 9.17) is 44.3 Å². The minimum Gasteiger partial charge on any atom is -0.493 e. The van der Waals surface area contributed by atoms with Gasteiger partial charge in [0.2, 0.25) is 5.91 Å². The van der Waals surface area contributed by atoms with Crippen molar-refractivity contribution in [3.8, 4) is 11.5 Å². The Morgan fingerprint density at radius 1 is 1.09 bits per heavy atom. The van der Waals surface area contributed by atoms with Crippen molar-refractivity contribution in [3.63, 3.8) is 0 Å². The average Bonchev–Trinajstić information content (AvgIpc) is 3.24. The van der Waals surface area contributed by atoms with Gasteiger partial charge in [0.1, 0.15) is 0 Å². The molecule has 2 aromatic carbocycles. The molecule has 0 radical (unpaired) electrons. The molecule has 1 unspecified atom stereocenters. The number of halogens is 3. The van der Waals surface area contributed by atoms with E-state index in [9.17, 15) is 9.59 Å². The molecule has 4 rings (SSSR count). The molecule has 1 aromatic heterocycles. The lowest BCUT2D eigenvalue weighted by Crippen LogP contribution is -2.25. The van der Waals surface area contributed by atoms with Crippen molar-refractivity contribution in [1.29, 1.82) is 0 Å². The largest absolute Gasteiger partial charge is 0.493 e. The number of hydrogen-bond acceptors (Lipinski definition) is 5. The molecular formula is C24H20Cl3N3O4. The number of carbonyl (C=O) groups excluding carboxylic acids is 2. The molecule has 0 bridgehead atoms. The molecule has 10 heteroatoms. The highest BCUT2D eigenvalue weighted by atomic mass is 35.5. The van der Waals surface area contributed by atoms with Crippen LogP contribution in [-0.2, 0) is 11.3 Å². The maximum atomic E-state index is 13.2. The van der Waals surface area contributed by atoms with E-state index in [1.807, 2.05) is 12.1 Å². The SMILES string of the molecule is COc1ccc(C(=O)Nc2c(Cl)cncc2Cl)c2c1OCC2CC(=O)NCc1ccc(Cl)cc1. The van der Waals surface area contributed by atoms with Crippen LogP contribution in [0.2, 0.25) is 15.1 Å². The van der Waals surface area contributed by atoms with Gasteiger partial charge in [0.25, 0.3) is 5.91 Å². The van der Waals surface area contributed by atoms with Crippen LogP contribution in [0.3, 0.4) is 0 Å². The van der Waals surface area contributed by atoms with Gasteiger partial charge in [-0.3, -0.25) is 14.6 Å². The highest BCUT2D eigenvalue weighted by Gasteiger charge is 2.34. The molecule has 0 fully saturated rings. The summed E-state index contributed by atoms with van der Waals surface area (Å²) in [6, 6.07) is 10.5. The minimum atomic E-state index is -0.439. The summed E-state index contributed by atoms with van der Waals surface area (Å²) < 4.78 is 11.2. The van der Waals surface area contributed by atoms with E-state index in [-0.39, 0.29) is 40.6 Å². The second-order valence-corrected chi connectivity index (χ2v) is 8.86. The Hall–Kier alpha value is -3.00. The van der Waals surface area contributed by atoms with Gasteiger partial charge < -0.3 is 20.1 Å². The highest BCUT2D eigenvalue weighted by molar-refractivity contribution is 6.39. The van der Waals surface area contributed by atoms with Crippen molar-refractivity contribution in [2.75, 3.05) is 19.0 Å². The molecule has 1 atom stereocenters. The van der Waals surface area contributed by atoms with Crippen molar-refractivity contribution < 1.29 is 19.1 Å². The van der Waals surface area contributed by atoms with E-state index >= 15 is 0 Å². The quantitative estimate of drug-likeness (QED) is 0.430. The zero-order valence-electron chi connectivity index (χ0n) is 18.0. The number of benzene rings is 2. The summed E-state index contributed by atoms with van der Waals surface area (Å²) in [6.07, 6.45) is 2.90. The number of nitrogens with one attached hydrogen (secondary N) is 2. The van der Waals surface area contributed by atoms with Gasteiger partial charge in [-0.05, 0) is 29.8 Å². The Kier molecular flexibility index (Phi) is 7.46. The Balaban J connectivity index is 1.54. The summed E-state index contributed by atoms with van der Waals surface area (Å²) in [5, 5.41) is 6.68. The third-order valence-electron chi connectivity index (χ3n) is 5.39. The van der Waals surface area contributed by atoms with Crippen molar-refractivity contribution in [2.24, 2.45) is 0 Å². The van der Waals surface area contributed by atoms with Gasteiger partial charge in [0.15, 0.2) is 11.5 Å². The van der Waals surface area contributed by atoms with Gasteiger partial charge >= 0.3 is 0 Å². The normalized spacial score (nSPS) is 14.2. The Morgan fingerprint density at radius 3 is 2.47 bits per heavy atom. The molecule has 2 amide bonds. The number of nitrogens with zero attached hydrogens (tertiary/aromatic N) is 1. The second kappa shape index (κ2) is 10.5. The van der Waals surface area contributed by atoms with Crippen LogP contribution in [0.5, 0.6) is 11.5 Å². The highest BCUT2D eigenvalue weighted by Crippen LogP contribution is 2.45. The first-order valence-corrected chi connectivity index (χ1v) is 11.5. The van der Waals surface area contributed by atoms with E-state index in [0.717, 1.165) is 5.56 Å². The first-order valence-electron chi connectivity index (χ1n) is 10.3. The summed E-state index contributed by atoms with van der Waals surface area (Å²) in [4.78, 5) is 29.8. The average molecular weight is 521 g/mol. The summed E-state index contributed by atoms with van der Waals surface area (Å²) >= 11 is 18.2. The van der Waals surface area contributed by atoms with E-state index in [2.05, 4.69) is 15.6 Å². The second-order valence-electron chi connectivity index (χ2n) is 7.61. The fraction of sp³-hybridized carbons (Fsp3) is 0.208. The summed E-state index contributed by atoms with van der Waals surface area (Å²) in [7, 11) is 1.52. The molecule has 0 saturated heterocycles. The van der Waals surface area contributed by atoms with Gasteiger partial charge in [0.05, 0.1) is 29.4 Å². The number of methoxy groups -OCH3 is 1. The minimum absolute atomic E-state index is 0.130. The number of fused-ring (bicyclic) bond motifs is 1. The molecule has 1 aliphatic rings. The number of hydrogen-bond donors (Lipinski definition) is 2. The lowest BCUT2D eigenvalue weighted by atomic mass is 9.92. The van der Waals surface area contributed by atoms with Crippen LogP contribution in [-0.4, -0.2) is 30.5 Å². The maximum Gasteiger partial charge on any atom is 0.256 e. The third kappa shape index (κ3) is 5.22. The van der Waals surface area contributed by atoms with Gasteiger partial charge in [0, 0.05) is 47.4 Å². The molecule has 176 valence electrons. The van der Waals surface area contributed by atoms with Gasteiger partial charge in [-0.1, -0.05) is 46.9 Å². The monoisotopic (exact) mass is 519 g/mol. The van der Waals surface area contributed by atoms with Crippen molar-refractivity contribution in [1.82, 2.24) is 10.3 Å². The van der Waals surface area contributed by atoms with Gasteiger partial charge in [-0.15, -0.1) is 0 Å². The molecular weight excluding hydrogens is 501 g/mol. The summed E-state index contributed by atoms with van der Waals surface area (Å²) in [5.41, 5.74) is 2.12. The fourth-order valence-corrected chi connectivity index (χ4v) is 4.32. The zero-order chi connectivity index (χ0) is 24.2. The van der Waals surface area contributed by atoms with Crippen molar-refractivity contribution in [2.45, 2.75) is 18.9 Å². The first-order chi connectivity index (χ1) is 16.4. The van der Waals surface area contributed by atoms with Crippen LogP contribution in [0.4, 0.5) is 5.69 Å². The summed E-state index contributed by atoms with van der Waals surface area (Å²) in [6.45, 7) is 0.599. The predicted octanol–water partition coefficient (Wildman–Crippen LogP) is 5.49. The molecule has 0 saturated carbocycles. The number of carbonyl (C=O) groups is 2. The maximum absolute atomic E-state index is 13.2. The fourth-order valence-electron chi connectivity index (χ4n) is 3.73. The zero-order valence-corrected chi connectivity index (χ0v) is 20.3. The number of rotatable bonds is 7. The number of ether oxygens (including phenoxy) is 2. The van der Waals surface area contributed by atoms with Crippen LogP contribution in [0.1, 0.15) is 33.8 Å². The van der Waals surface area contributed by atoms with Gasteiger partial charge in [-0.2, -0.15) is 0 Å². The third-order valence-corrected chi connectivity index (χ3v) is 6.21. The van der Waals surface area contributed by atoms with Gasteiger partial charge in [-0.25, -0.2) is 0 Å². The Morgan fingerprint density at radius 2 is 1.79 bits per heavy atom. The smallest absolute Gasteiger partial charge is 0.256 e. The van der Waals surface area contributed by atoms with Crippen LogP contribution in [0.15, 0.2) is 48.8 Å². The molecule has 0 spiro atoms. The number of aromatic nitrogens is 1. The predicted molar refractivity (Wildman–Crippen MR) is 131 cm³/mol. The first kappa shape index (κ1) is 24.1. The molecule has 2 N–H and O–H groups in total. The van der Waals surface area contributed by atoms with Crippen molar-refractivity contribution in [3.05, 3.63) is 80.6 Å². The molecule has 2 heterocycles. The Labute approximate surface area is 211 Å². The van der Waals surface area contributed by atoms with E-state index in [1.54, 1.807) is 24.3 Å². The van der Waals surface area contributed by atoms with Crippen LogP contribution >= 0.6 is 34.8 Å². The standard InChI is InChI=1S/C24H20Cl3N3O4/c1-33-19-7-6-16(24(32)30-22-17(26)10-28-11-18(22)27)21-14(12-34-23(19)21)8-20(31)29-9-13-2-4-15(25)5-3-13/h2-7,10-11,14H,8-9,12H2,1H3,(H,29,31)(H,28,30,32). The van der Waals surface area contributed by atoms with E-state index in [1.165, 1.54) is 19.5 Å². The summed E-state index contributed by atoms with van der Waals surface area (Å²) in [5.74, 6) is -0.0376. The molecule has 7 nitrogen and oxygen atoms in total. The number of pyridine rings is 1. The van der Waals surface area contributed by atoms with E-state index in [0.29, 0.717) is 34.2 Å². The lowest BCUT2D eigenvalue weighted by Gasteiger charge is -2.16. The van der Waals surface area contributed by atoms with Crippen LogP contribution in [0, 0.1) is 0 Å². The molecule has 34 heavy (non-hydrogen) atoms. The van der Waals surface area contributed by atoms with Crippen LogP contribution in [0.25, 0.3) is 0 Å². The lowest BCUT2D eigenvalue weighted by molar-refractivity contribution is -0.121. The van der Waals surface area contributed by atoms with Crippen LogP contribution < -0.4 is 20.1 Å². The molecule has 0 aliphatic carbocycles. The van der Waals surface area contributed by atoms with E-state index < -0.39 is 5.91 Å².